The Balaban J connectivity index is 0.997. The van der Waals surface area contributed by atoms with E-state index in [0.717, 1.165) is 68.0 Å². The number of rotatable bonds is 14. The first kappa shape index (κ1) is 39.7. The van der Waals surface area contributed by atoms with Gasteiger partial charge in [0.25, 0.3) is 15.9 Å². The second-order valence-electron chi connectivity index (χ2n) is 15.0. The molecular formula is C43H48ClN7O6S. The summed E-state index contributed by atoms with van der Waals surface area (Å²) in [6, 6.07) is 22.2. The van der Waals surface area contributed by atoms with Crippen LogP contribution in [-0.4, -0.2) is 88.5 Å². The number of hydrogen-bond donors (Lipinski definition) is 4. The first-order chi connectivity index (χ1) is 28.2. The zero-order valence-electron chi connectivity index (χ0n) is 32.3. The van der Waals surface area contributed by atoms with Crippen molar-refractivity contribution in [2.75, 3.05) is 68.8 Å². The van der Waals surface area contributed by atoms with Crippen LogP contribution in [0.2, 0.25) is 5.02 Å². The highest BCUT2D eigenvalue weighted by Gasteiger charge is 2.29. The molecule has 0 saturated carbocycles. The highest BCUT2D eigenvalue weighted by atomic mass is 35.5. The molecule has 3 aliphatic rings. The highest BCUT2D eigenvalue weighted by molar-refractivity contribution is 7.90. The van der Waals surface area contributed by atoms with Gasteiger partial charge in [-0.05, 0) is 91.8 Å². The fraction of sp³-hybridized carbons (Fsp3) is 0.349. The molecule has 8 rings (SSSR count). The third-order valence-corrected chi connectivity index (χ3v) is 12.7. The molecule has 13 nitrogen and oxygen atoms in total. The third-order valence-electron chi connectivity index (χ3n) is 11.1. The number of pyridine rings is 1. The molecule has 0 bridgehead atoms. The Morgan fingerprint density at radius 2 is 1.84 bits per heavy atom. The molecule has 304 valence electrons. The summed E-state index contributed by atoms with van der Waals surface area (Å²) < 4.78 is 46.9. The van der Waals surface area contributed by atoms with E-state index in [-0.39, 0.29) is 29.0 Å². The second kappa shape index (κ2) is 17.8. The molecule has 1 amide bonds. The van der Waals surface area contributed by atoms with E-state index < -0.39 is 15.9 Å². The van der Waals surface area contributed by atoms with Crippen molar-refractivity contribution >= 4 is 55.6 Å². The molecule has 15 heteroatoms. The number of aromatic amines is 1. The molecule has 0 aliphatic carbocycles. The summed E-state index contributed by atoms with van der Waals surface area (Å²) in [7, 11) is -2.77. The van der Waals surface area contributed by atoms with Crippen LogP contribution in [0.1, 0.15) is 47.6 Å². The van der Waals surface area contributed by atoms with Crippen LogP contribution >= 0.6 is 11.6 Å². The average molecular weight is 826 g/mol. The van der Waals surface area contributed by atoms with Crippen molar-refractivity contribution in [2.24, 2.45) is 5.92 Å². The number of amides is 1. The number of fused-ring (bicyclic) bond motifs is 1. The molecule has 3 aromatic carbocycles. The van der Waals surface area contributed by atoms with Gasteiger partial charge in [0.2, 0.25) is 0 Å². The summed E-state index contributed by atoms with van der Waals surface area (Å²) in [6.07, 6.45) is 11.7. The maximum Gasteiger partial charge on any atom is 0.268 e. The van der Waals surface area contributed by atoms with Crippen LogP contribution in [0, 0.1) is 5.92 Å². The van der Waals surface area contributed by atoms with E-state index in [0.29, 0.717) is 47.9 Å². The lowest BCUT2D eigenvalue weighted by Gasteiger charge is -2.39. The van der Waals surface area contributed by atoms with Crippen molar-refractivity contribution in [1.82, 2.24) is 19.6 Å². The molecular weight excluding hydrogens is 778 g/mol. The lowest BCUT2D eigenvalue weighted by molar-refractivity contribution is 0.0979. The molecule has 58 heavy (non-hydrogen) atoms. The SMILES string of the molecule is COCNc1cc(S(=O)(=O)NC(=O)c2ccc(N3CCC(CN4CC=CCC4c4ccc(Cl)cc4)CC3)cc2Oc2cnc3[nH]ccc3c2)ccc1NC1CCOC1. The van der Waals surface area contributed by atoms with Crippen LogP contribution in [-0.2, 0) is 19.5 Å². The zero-order valence-corrected chi connectivity index (χ0v) is 33.9. The fourth-order valence-electron chi connectivity index (χ4n) is 7.95. The number of carbonyl (C=O) groups excluding carboxylic acids is 1. The smallest absolute Gasteiger partial charge is 0.268 e. The topological polar surface area (TPSA) is 150 Å². The second-order valence-corrected chi connectivity index (χ2v) is 17.1. The number of ether oxygens (including phenoxy) is 3. The van der Waals surface area contributed by atoms with Crippen LogP contribution in [0.3, 0.4) is 0 Å². The molecule has 0 spiro atoms. The van der Waals surface area contributed by atoms with E-state index in [2.05, 4.69) is 59.4 Å². The first-order valence-corrected chi connectivity index (χ1v) is 21.5. The van der Waals surface area contributed by atoms with Gasteiger partial charge in [-0.15, -0.1) is 0 Å². The molecule has 5 aromatic rings. The lowest BCUT2D eigenvalue weighted by atomic mass is 9.92. The molecule has 2 saturated heterocycles. The molecule has 2 fully saturated rings. The maximum absolute atomic E-state index is 14.0. The van der Waals surface area contributed by atoms with Crippen LogP contribution in [0.15, 0.2) is 102 Å². The predicted octanol–water partition coefficient (Wildman–Crippen LogP) is 7.56. The van der Waals surface area contributed by atoms with Crippen LogP contribution in [0.4, 0.5) is 17.1 Å². The van der Waals surface area contributed by atoms with Gasteiger partial charge in [-0.2, -0.15) is 0 Å². The average Bonchev–Trinajstić information content (AvgIpc) is 3.93. The number of H-pyrrole nitrogens is 1. The van der Waals surface area contributed by atoms with Crippen molar-refractivity contribution in [3.63, 3.8) is 0 Å². The van der Waals surface area contributed by atoms with Gasteiger partial charge in [0.15, 0.2) is 0 Å². The number of nitrogens with one attached hydrogen (secondary N) is 4. The molecule has 2 atom stereocenters. The monoisotopic (exact) mass is 825 g/mol. The van der Waals surface area contributed by atoms with Gasteiger partial charge < -0.3 is 34.7 Å². The van der Waals surface area contributed by atoms with E-state index in [4.69, 9.17) is 25.8 Å². The number of halogens is 1. The Morgan fingerprint density at radius 1 is 1.00 bits per heavy atom. The summed E-state index contributed by atoms with van der Waals surface area (Å²) in [4.78, 5) is 26.3. The molecule has 0 radical (unpaired) electrons. The molecule has 4 N–H and O–H groups in total. The van der Waals surface area contributed by atoms with Gasteiger partial charge in [-0.25, -0.2) is 18.1 Å². The summed E-state index contributed by atoms with van der Waals surface area (Å²) in [5.74, 6) is 0.332. The Hall–Kier alpha value is -5.12. The summed E-state index contributed by atoms with van der Waals surface area (Å²) in [5.41, 5.74) is 4.15. The van der Waals surface area contributed by atoms with E-state index in [1.807, 2.05) is 36.4 Å². The van der Waals surface area contributed by atoms with Crippen molar-refractivity contribution in [3.8, 4) is 11.5 Å². The van der Waals surface area contributed by atoms with Crippen molar-refractivity contribution in [3.05, 3.63) is 113 Å². The first-order valence-electron chi connectivity index (χ1n) is 19.7. The minimum absolute atomic E-state index is 0.0695. The van der Waals surface area contributed by atoms with Crippen LogP contribution < -0.4 is 25.0 Å². The van der Waals surface area contributed by atoms with Crippen molar-refractivity contribution in [2.45, 2.75) is 42.7 Å². The Bertz CT molecular complexity index is 2360. The number of nitrogens with zero attached hydrogens (tertiary/aromatic N) is 3. The number of methoxy groups -OCH3 is 1. The van der Waals surface area contributed by atoms with Crippen molar-refractivity contribution < 1.29 is 27.4 Å². The summed E-state index contributed by atoms with van der Waals surface area (Å²) in [6.45, 7) is 4.94. The minimum atomic E-state index is -4.31. The predicted molar refractivity (Wildman–Crippen MR) is 227 cm³/mol. The molecule has 2 aromatic heterocycles. The number of aromatic nitrogens is 2. The molecule has 2 unspecified atom stereocenters. The number of piperidine rings is 1. The van der Waals surface area contributed by atoms with Gasteiger partial charge >= 0.3 is 0 Å². The molecule has 3 aliphatic heterocycles. The van der Waals surface area contributed by atoms with E-state index >= 15 is 0 Å². The highest BCUT2D eigenvalue weighted by Crippen LogP contribution is 2.36. The number of carbonyl (C=O) groups is 1. The van der Waals surface area contributed by atoms with Crippen LogP contribution in [0.5, 0.6) is 11.5 Å². The quantitative estimate of drug-likeness (QED) is 0.0649. The van der Waals surface area contributed by atoms with E-state index in [9.17, 15) is 13.2 Å². The standard InChI is InChI=1S/C43H48ClN7O6S/c1-55-28-47-39-24-36(10-12-38(39)48-33-16-21-56-27-33)58(53,54)49-43(52)37-11-9-34(23-41(37)57-35-22-31-13-17-45-42(31)46-25-35)50-19-14-29(15-20-50)26-51-18-3-2-4-40(51)30-5-7-32(44)8-6-30/h2-3,5-13,17,22-25,29,33,40,47-48H,4,14-16,18-21,26-28H2,1H3,(H,45,46)(H,49,52). The van der Waals surface area contributed by atoms with Crippen LogP contribution in [0.25, 0.3) is 11.0 Å². The summed E-state index contributed by atoms with van der Waals surface area (Å²) >= 11 is 6.19. The zero-order chi connectivity index (χ0) is 40.1. The number of benzene rings is 3. The largest absolute Gasteiger partial charge is 0.455 e. The Labute approximate surface area is 343 Å². The van der Waals surface area contributed by atoms with Crippen molar-refractivity contribution in [1.29, 1.82) is 0 Å². The number of anilines is 3. The van der Waals surface area contributed by atoms with E-state index in [1.165, 1.54) is 24.8 Å². The van der Waals surface area contributed by atoms with Gasteiger partial charge in [-0.1, -0.05) is 35.9 Å². The van der Waals surface area contributed by atoms with E-state index in [1.54, 1.807) is 24.5 Å². The maximum atomic E-state index is 14.0. The Kier molecular flexibility index (Phi) is 12.2. The number of sulfonamides is 1. The van der Waals surface area contributed by atoms with Gasteiger partial charge in [0.05, 0.1) is 40.7 Å². The number of hydrogen-bond acceptors (Lipinski definition) is 11. The Morgan fingerprint density at radius 3 is 2.64 bits per heavy atom. The minimum Gasteiger partial charge on any atom is -0.455 e. The van der Waals surface area contributed by atoms with Gasteiger partial charge in [0.1, 0.15) is 23.9 Å². The summed E-state index contributed by atoms with van der Waals surface area (Å²) in [5, 5.41) is 8.09. The fourth-order valence-corrected chi connectivity index (χ4v) is 9.07. The normalized spacial score (nSPS) is 19.0. The van der Waals surface area contributed by atoms with Gasteiger partial charge in [0, 0.05) is 74.3 Å². The molecule has 5 heterocycles. The van der Waals surface area contributed by atoms with Gasteiger partial charge in [-0.3, -0.25) is 9.69 Å². The lowest BCUT2D eigenvalue weighted by Crippen LogP contribution is -2.41. The third kappa shape index (κ3) is 9.27.